The average molecular weight is 361 g/mol. The largest absolute Gasteiger partial charge is 0.332 e. The minimum Gasteiger partial charge on any atom is -0.309 e. The van der Waals surface area contributed by atoms with E-state index in [0.29, 0.717) is 12.0 Å². The fourth-order valence-corrected chi connectivity index (χ4v) is 4.62. The fourth-order valence-electron chi connectivity index (χ4n) is 2.65. The quantitative estimate of drug-likeness (QED) is 0.729. The summed E-state index contributed by atoms with van der Waals surface area (Å²) in [6, 6.07) is -0.238. The smallest absolute Gasteiger partial charge is 0.309 e. The number of nitrogens with zero attached hydrogens (tertiary/aromatic N) is 2. The molecule has 2 atom stereocenters. The number of aromatic nitrogens is 2. The van der Waals surface area contributed by atoms with E-state index in [4.69, 9.17) is 13.9 Å². The maximum absolute atomic E-state index is 12.7. The fraction of sp³-hybridized carbons (Fsp3) is 0.714. The van der Waals surface area contributed by atoms with Crippen molar-refractivity contribution >= 4 is 7.60 Å². The van der Waals surface area contributed by atoms with E-state index in [-0.39, 0.29) is 25.4 Å². The lowest BCUT2D eigenvalue weighted by Crippen LogP contribution is -2.33. The van der Waals surface area contributed by atoms with Gasteiger partial charge in [0.25, 0.3) is 5.56 Å². The van der Waals surface area contributed by atoms with E-state index in [9.17, 15) is 14.2 Å². The molecule has 9 nitrogen and oxygen atoms in total. The highest BCUT2D eigenvalue weighted by Crippen LogP contribution is 2.50. The van der Waals surface area contributed by atoms with E-state index < -0.39 is 25.1 Å². The van der Waals surface area contributed by atoms with Gasteiger partial charge in [0.15, 0.2) is 6.23 Å². The number of hydrogen-bond acceptors (Lipinski definition) is 7. The third-order valence-electron chi connectivity index (χ3n) is 3.82. The summed E-state index contributed by atoms with van der Waals surface area (Å²) in [5, 5.41) is 1.56. The van der Waals surface area contributed by atoms with Gasteiger partial charge in [0.05, 0.1) is 25.4 Å². The summed E-state index contributed by atoms with van der Waals surface area (Å²) in [4.78, 5) is 31.4. The summed E-state index contributed by atoms with van der Waals surface area (Å²) in [7, 11) is -1.52. The van der Waals surface area contributed by atoms with E-state index in [0.717, 1.165) is 0 Å². The second kappa shape index (κ2) is 7.76. The van der Waals surface area contributed by atoms with E-state index in [1.807, 2.05) is 0 Å². The van der Waals surface area contributed by atoms with Gasteiger partial charge in [-0.2, -0.15) is 5.06 Å². The number of hydrogen-bond donors (Lipinski definition) is 1. The van der Waals surface area contributed by atoms with Gasteiger partial charge in [0.1, 0.15) is 0 Å². The number of nitrogens with one attached hydrogen (secondary N) is 1. The average Bonchev–Trinajstić information content (AvgIpc) is 2.84. The molecule has 136 valence electrons. The molecule has 2 heterocycles. The molecule has 0 aromatic carbocycles. The maximum atomic E-state index is 12.7. The Bertz CT molecular complexity index is 720. The number of rotatable bonds is 7. The first-order valence-corrected chi connectivity index (χ1v) is 9.62. The summed E-state index contributed by atoms with van der Waals surface area (Å²) in [5.41, 5.74) is -0.544. The van der Waals surface area contributed by atoms with Crippen LogP contribution in [-0.2, 0) is 18.5 Å². The van der Waals surface area contributed by atoms with Crippen LogP contribution in [0.25, 0.3) is 0 Å². The summed E-state index contributed by atoms with van der Waals surface area (Å²) in [6.45, 7) is 5.70. The van der Waals surface area contributed by atoms with Crippen molar-refractivity contribution in [1.82, 2.24) is 14.6 Å². The van der Waals surface area contributed by atoms with Crippen LogP contribution in [0.5, 0.6) is 0 Å². The van der Waals surface area contributed by atoms with Crippen molar-refractivity contribution in [1.29, 1.82) is 0 Å². The molecule has 1 aliphatic rings. The Morgan fingerprint density at radius 2 is 1.96 bits per heavy atom. The van der Waals surface area contributed by atoms with Crippen molar-refractivity contribution in [2.45, 2.75) is 39.5 Å². The van der Waals surface area contributed by atoms with Crippen LogP contribution in [0.2, 0.25) is 0 Å². The summed E-state index contributed by atoms with van der Waals surface area (Å²) in [5.74, 6) is 0. The lowest BCUT2D eigenvalue weighted by atomic mass is 10.2. The number of H-pyrrole nitrogens is 1. The Kier molecular flexibility index (Phi) is 6.17. The highest BCUT2D eigenvalue weighted by atomic mass is 31.2. The molecular weight excluding hydrogens is 337 g/mol. The number of aryl methyl sites for hydroxylation is 1. The van der Waals surface area contributed by atoms with E-state index in [1.54, 1.807) is 32.9 Å². The Labute approximate surface area is 140 Å². The van der Waals surface area contributed by atoms with Crippen LogP contribution in [0, 0.1) is 6.92 Å². The molecule has 0 spiro atoms. The molecule has 0 radical (unpaired) electrons. The van der Waals surface area contributed by atoms with Crippen LogP contribution in [-0.4, -0.2) is 47.1 Å². The molecule has 1 aliphatic heterocycles. The molecule has 1 aromatic rings. The van der Waals surface area contributed by atoms with Gasteiger partial charge in [-0.05, 0) is 20.8 Å². The molecule has 0 amide bonds. The van der Waals surface area contributed by atoms with Crippen molar-refractivity contribution in [3.8, 4) is 0 Å². The van der Waals surface area contributed by atoms with Gasteiger partial charge in [-0.1, -0.05) is 0 Å². The Morgan fingerprint density at radius 3 is 2.54 bits per heavy atom. The summed E-state index contributed by atoms with van der Waals surface area (Å²) < 4.78 is 24.6. The van der Waals surface area contributed by atoms with Gasteiger partial charge < -0.3 is 9.05 Å². The molecule has 10 heteroatoms. The van der Waals surface area contributed by atoms with Crippen molar-refractivity contribution in [2.24, 2.45) is 0 Å². The Hall–Kier alpha value is -1.25. The Morgan fingerprint density at radius 1 is 1.33 bits per heavy atom. The molecule has 0 aliphatic carbocycles. The molecule has 1 saturated heterocycles. The standard InChI is InChI=1S/C14H24N3O6P/c1-5-21-24(20,22-6-2)9-11-7-12(23-16(11)4)17-8-10(3)13(18)15-14(17)19/h8,11-12H,5-7,9H2,1-4H3,(H,15,18,19)/t11-,12+/m1/s1. The van der Waals surface area contributed by atoms with E-state index >= 15 is 0 Å². The maximum Gasteiger partial charge on any atom is 0.332 e. The minimum atomic E-state index is -3.22. The van der Waals surface area contributed by atoms with Gasteiger partial charge in [-0.15, -0.1) is 0 Å². The van der Waals surface area contributed by atoms with Crippen LogP contribution in [0.1, 0.15) is 32.1 Å². The third-order valence-corrected chi connectivity index (χ3v) is 5.99. The molecule has 0 unspecified atom stereocenters. The van der Waals surface area contributed by atoms with Crippen LogP contribution < -0.4 is 11.2 Å². The predicted molar refractivity (Wildman–Crippen MR) is 88.1 cm³/mol. The molecule has 24 heavy (non-hydrogen) atoms. The van der Waals surface area contributed by atoms with Crippen molar-refractivity contribution in [3.05, 3.63) is 32.6 Å². The first-order valence-electron chi connectivity index (χ1n) is 7.89. The highest BCUT2D eigenvalue weighted by Gasteiger charge is 2.39. The monoisotopic (exact) mass is 361 g/mol. The normalized spacial score (nSPS) is 22.2. The van der Waals surface area contributed by atoms with Gasteiger partial charge in [-0.3, -0.25) is 23.7 Å². The first-order chi connectivity index (χ1) is 11.3. The molecular formula is C14H24N3O6P. The zero-order valence-electron chi connectivity index (χ0n) is 14.4. The number of hydroxylamine groups is 2. The lowest BCUT2D eigenvalue weighted by Gasteiger charge is -2.22. The van der Waals surface area contributed by atoms with E-state index in [1.165, 1.54) is 10.8 Å². The molecule has 0 saturated carbocycles. The molecule has 1 fully saturated rings. The molecule has 0 bridgehead atoms. The van der Waals surface area contributed by atoms with Gasteiger partial charge in [0.2, 0.25) is 0 Å². The highest BCUT2D eigenvalue weighted by molar-refractivity contribution is 7.53. The SMILES string of the molecule is CCOP(=O)(C[C@H]1C[C@@H](n2cc(C)c(=O)[nH]c2=O)ON1C)OCC. The van der Waals surface area contributed by atoms with Crippen LogP contribution >= 0.6 is 7.60 Å². The zero-order chi connectivity index (χ0) is 17.9. The van der Waals surface area contributed by atoms with E-state index in [2.05, 4.69) is 4.98 Å². The summed E-state index contributed by atoms with van der Waals surface area (Å²) >= 11 is 0. The van der Waals surface area contributed by atoms with Crippen molar-refractivity contribution < 1.29 is 18.5 Å². The van der Waals surface area contributed by atoms with Crippen molar-refractivity contribution in [3.63, 3.8) is 0 Å². The van der Waals surface area contributed by atoms with Crippen LogP contribution in [0.4, 0.5) is 0 Å². The van der Waals surface area contributed by atoms with Gasteiger partial charge in [0, 0.05) is 25.2 Å². The van der Waals surface area contributed by atoms with Crippen LogP contribution in [0.3, 0.4) is 0 Å². The third kappa shape index (κ3) is 4.23. The molecule has 1 N–H and O–H groups in total. The van der Waals surface area contributed by atoms with Gasteiger partial charge in [-0.25, -0.2) is 4.79 Å². The minimum absolute atomic E-state index is 0.165. The molecule has 2 rings (SSSR count). The molecule has 1 aromatic heterocycles. The Balaban J connectivity index is 2.18. The van der Waals surface area contributed by atoms with Crippen LogP contribution in [0.15, 0.2) is 15.8 Å². The zero-order valence-corrected chi connectivity index (χ0v) is 15.2. The first kappa shape index (κ1) is 19.1. The predicted octanol–water partition coefficient (Wildman–Crippen LogP) is 1.25. The van der Waals surface area contributed by atoms with Gasteiger partial charge >= 0.3 is 13.3 Å². The summed E-state index contributed by atoms with van der Waals surface area (Å²) in [6.07, 6.45) is 1.47. The lowest BCUT2D eigenvalue weighted by molar-refractivity contribution is -0.164. The number of aromatic amines is 1. The second-order valence-electron chi connectivity index (χ2n) is 5.60. The van der Waals surface area contributed by atoms with Crippen molar-refractivity contribution in [2.75, 3.05) is 26.4 Å². The second-order valence-corrected chi connectivity index (χ2v) is 7.71. The topological polar surface area (TPSA) is 103 Å².